The molecular weight excluding hydrogens is 328 g/mol. The Kier molecular flexibility index (Phi) is 5.35. The van der Waals surface area contributed by atoms with Gasteiger partial charge in [-0.1, -0.05) is 6.07 Å². The fourth-order valence-corrected chi connectivity index (χ4v) is 2.84. The van der Waals surface area contributed by atoms with Gasteiger partial charge in [0.05, 0.1) is 33.7 Å². The van der Waals surface area contributed by atoms with E-state index in [1.54, 1.807) is 18.2 Å². The maximum Gasteiger partial charge on any atom is 0.319 e. The molecule has 1 aromatic carbocycles. The van der Waals surface area contributed by atoms with Gasteiger partial charge in [-0.05, 0) is 31.5 Å². The van der Waals surface area contributed by atoms with Crippen molar-refractivity contribution in [3.05, 3.63) is 23.8 Å². The number of rotatable bonds is 5. The van der Waals surface area contributed by atoms with Crippen LogP contribution in [0.25, 0.3) is 0 Å². The first kappa shape index (κ1) is 18.8. The molecule has 2 rings (SSSR count). The molecule has 0 saturated carbocycles. The Bertz CT molecular complexity index is 693. The highest BCUT2D eigenvalue weighted by atomic mass is 16.6. The third-order valence-electron chi connectivity index (χ3n) is 4.41. The number of esters is 2. The highest BCUT2D eigenvalue weighted by Gasteiger charge is 2.51. The number of carbonyl (C=O) groups is 3. The Morgan fingerprint density at radius 2 is 1.76 bits per heavy atom. The maximum atomic E-state index is 12.8. The Hall–Kier alpha value is -2.57. The van der Waals surface area contributed by atoms with Crippen LogP contribution in [0.3, 0.4) is 0 Å². The Morgan fingerprint density at radius 1 is 1.12 bits per heavy atom. The summed E-state index contributed by atoms with van der Waals surface area (Å²) in [6.07, 6.45) is -1.07. The van der Waals surface area contributed by atoms with Crippen molar-refractivity contribution in [3.63, 3.8) is 0 Å². The number of ether oxygens (including phenoxy) is 4. The minimum absolute atomic E-state index is 0.176. The van der Waals surface area contributed by atoms with E-state index in [0.29, 0.717) is 17.1 Å². The highest BCUT2D eigenvalue weighted by molar-refractivity contribution is 6.07. The molecule has 1 heterocycles. The van der Waals surface area contributed by atoms with Crippen molar-refractivity contribution in [2.24, 2.45) is 11.3 Å². The van der Waals surface area contributed by atoms with Crippen LogP contribution in [0.15, 0.2) is 18.2 Å². The first-order valence-corrected chi connectivity index (χ1v) is 7.80. The van der Waals surface area contributed by atoms with Crippen LogP contribution in [-0.4, -0.2) is 39.1 Å². The lowest BCUT2D eigenvalue weighted by atomic mass is 9.74. The molecule has 0 unspecified atom stereocenters. The summed E-state index contributed by atoms with van der Waals surface area (Å²) in [5.74, 6) is -1.42. The molecule has 1 aliphatic heterocycles. The Labute approximate surface area is 146 Å². The van der Waals surface area contributed by atoms with E-state index in [9.17, 15) is 14.4 Å². The molecule has 0 N–H and O–H groups in total. The molecule has 1 saturated heterocycles. The van der Waals surface area contributed by atoms with Gasteiger partial charge in [0.15, 0.2) is 17.3 Å². The predicted octanol–water partition coefficient (Wildman–Crippen LogP) is 2.08. The molecule has 136 valence electrons. The van der Waals surface area contributed by atoms with Crippen molar-refractivity contribution in [2.45, 2.75) is 26.4 Å². The summed E-state index contributed by atoms with van der Waals surface area (Å²) in [5, 5.41) is 0. The van der Waals surface area contributed by atoms with Crippen LogP contribution >= 0.6 is 0 Å². The third-order valence-corrected chi connectivity index (χ3v) is 4.41. The summed E-state index contributed by atoms with van der Waals surface area (Å²) >= 11 is 0. The predicted molar refractivity (Wildman–Crippen MR) is 87.3 cm³/mol. The number of methoxy groups -OCH3 is 3. The average Bonchev–Trinajstić information content (AvgIpc) is 2.61. The number of carbonyl (C=O) groups excluding carboxylic acids is 3. The van der Waals surface area contributed by atoms with E-state index in [1.807, 2.05) is 0 Å². The van der Waals surface area contributed by atoms with E-state index in [0.717, 1.165) is 0 Å². The van der Waals surface area contributed by atoms with Gasteiger partial charge in [-0.3, -0.25) is 14.4 Å². The summed E-state index contributed by atoms with van der Waals surface area (Å²) in [6.45, 7) is 2.99. The molecule has 7 nitrogen and oxygen atoms in total. The molecule has 2 atom stereocenters. The fourth-order valence-electron chi connectivity index (χ4n) is 2.84. The quantitative estimate of drug-likeness (QED) is 0.593. The molecule has 0 spiro atoms. The Morgan fingerprint density at radius 3 is 2.32 bits per heavy atom. The molecule has 7 heteroatoms. The van der Waals surface area contributed by atoms with Gasteiger partial charge in [-0.25, -0.2) is 0 Å². The van der Waals surface area contributed by atoms with Gasteiger partial charge in [0, 0.05) is 0 Å². The van der Waals surface area contributed by atoms with Crippen LogP contribution in [-0.2, 0) is 23.9 Å². The number of cyclic esters (lactones) is 1. The molecule has 1 fully saturated rings. The van der Waals surface area contributed by atoms with Crippen molar-refractivity contribution in [2.75, 3.05) is 21.3 Å². The number of Topliss-reactive ketones (excluding diaryl/α,β-unsaturated/α-hetero) is 1. The first-order valence-electron chi connectivity index (χ1n) is 7.80. The van der Waals surface area contributed by atoms with Crippen LogP contribution < -0.4 is 9.47 Å². The second kappa shape index (κ2) is 7.13. The van der Waals surface area contributed by atoms with Gasteiger partial charge in [0.1, 0.15) is 11.5 Å². The summed E-state index contributed by atoms with van der Waals surface area (Å²) in [4.78, 5) is 36.8. The van der Waals surface area contributed by atoms with E-state index >= 15 is 0 Å². The second-order valence-corrected chi connectivity index (χ2v) is 6.32. The number of ketones is 1. The van der Waals surface area contributed by atoms with E-state index < -0.39 is 29.4 Å². The van der Waals surface area contributed by atoms with E-state index in [-0.39, 0.29) is 12.2 Å². The molecule has 1 aromatic rings. The zero-order valence-corrected chi connectivity index (χ0v) is 15.0. The molecule has 0 aromatic heterocycles. The van der Waals surface area contributed by atoms with Gasteiger partial charge in [-0.2, -0.15) is 0 Å². The summed E-state index contributed by atoms with van der Waals surface area (Å²) in [6, 6.07) is 4.96. The average molecular weight is 350 g/mol. The minimum atomic E-state index is -1.31. The lowest BCUT2D eigenvalue weighted by Crippen LogP contribution is -2.48. The van der Waals surface area contributed by atoms with Crippen LogP contribution in [0, 0.1) is 11.3 Å². The summed E-state index contributed by atoms with van der Waals surface area (Å²) < 4.78 is 20.7. The molecular formula is C18H22O7. The third kappa shape index (κ3) is 3.45. The Balaban J connectivity index is 2.46. The fraction of sp³-hybridized carbons (Fsp3) is 0.500. The van der Waals surface area contributed by atoms with Gasteiger partial charge in [0.25, 0.3) is 0 Å². The first-order chi connectivity index (χ1) is 11.8. The van der Waals surface area contributed by atoms with Crippen LogP contribution in [0.5, 0.6) is 11.5 Å². The van der Waals surface area contributed by atoms with Crippen molar-refractivity contribution < 1.29 is 33.3 Å². The van der Waals surface area contributed by atoms with Crippen molar-refractivity contribution in [1.29, 1.82) is 0 Å². The molecule has 0 amide bonds. The standard InChI is InChI=1S/C18H22O7/c1-18(2)16(20)11(9-14(19)24-5)15(25-17(18)21)10-6-7-12(22-3)13(8-10)23-4/h6-8,11,15H,9H2,1-5H3/t11-,15-/m0/s1. The molecule has 25 heavy (non-hydrogen) atoms. The van der Waals surface area contributed by atoms with Crippen molar-refractivity contribution in [1.82, 2.24) is 0 Å². The van der Waals surface area contributed by atoms with Gasteiger partial charge in [0.2, 0.25) is 0 Å². The molecule has 1 aliphatic rings. The molecule has 0 aliphatic carbocycles. The summed E-state index contributed by atoms with van der Waals surface area (Å²) in [5.41, 5.74) is -0.769. The van der Waals surface area contributed by atoms with E-state index in [1.165, 1.54) is 35.2 Å². The highest BCUT2D eigenvalue weighted by Crippen LogP contribution is 2.43. The van der Waals surface area contributed by atoms with E-state index in [2.05, 4.69) is 4.74 Å². The van der Waals surface area contributed by atoms with Crippen LogP contribution in [0.2, 0.25) is 0 Å². The zero-order valence-electron chi connectivity index (χ0n) is 15.0. The van der Waals surface area contributed by atoms with Gasteiger partial charge >= 0.3 is 11.9 Å². The largest absolute Gasteiger partial charge is 0.493 e. The maximum absolute atomic E-state index is 12.8. The zero-order chi connectivity index (χ0) is 18.8. The topological polar surface area (TPSA) is 88.1 Å². The second-order valence-electron chi connectivity index (χ2n) is 6.32. The minimum Gasteiger partial charge on any atom is -0.493 e. The normalized spacial score (nSPS) is 22.1. The van der Waals surface area contributed by atoms with Crippen LogP contribution in [0.1, 0.15) is 31.9 Å². The van der Waals surface area contributed by atoms with E-state index in [4.69, 9.17) is 14.2 Å². The van der Waals surface area contributed by atoms with Gasteiger partial charge in [-0.15, -0.1) is 0 Å². The molecule has 0 bridgehead atoms. The number of hydrogen-bond acceptors (Lipinski definition) is 7. The SMILES string of the molecule is COC(=O)C[C@@H]1C(=O)C(C)(C)C(=O)O[C@H]1c1ccc(OC)c(OC)c1. The van der Waals surface area contributed by atoms with Crippen molar-refractivity contribution in [3.8, 4) is 11.5 Å². The van der Waals surface area contributed by atoms with Gasteiger partial charge < -0.3 is 18.9 Å². The summed E-state index contributed by atoms with van der Waals surface area (Å²) in [7, 11) is 4.23. The smallest absolute Gasteiger partial charge is 0.319 e. The molecule has 0 radical (unpaired) electrons. The lowest BCUT2D eigenvalue weighted by Gasteiger charge is -2.37. The van der Waals surface area contributed by atoms with Crippen LogP contribution in [0.4, 0.5) is 0 Å². The lowest BCUT2D eigenvalue weighted by molar-refractivity contribution is -0.181. The number of hydrogen-bond donors (Lipinski definition) is 0. The monoisotopic (exact) mass is 350 g/mol. The number of benzene rings is 1. The van der Waals surface area contributed by atoms with Crippen molar-refractivity contribution >= 4 is 17.7 Å².